The fourth-order valence-corrected chi connectivity index (χ4v) is 3.12. The van der Waals surface area contributed by atoms with Crippen molar-refractivity contribution in [1.29, 1.82) is 0 Å². The van der Waals surface area contributed by atoms with Crippen LogP contribution in [-0.2, 0) is 0 Å². The third-order valence-electron chi connectivity index (χ3n) is 4.57. The number of methoxy groups -OCH3 is 2. The Kier molecular flexibility index (Phi) is 5.12. The lowest BCUT2D eigenvalue weighted by Crippen LogP contribution is -2.01. The summed E-state index contributed by atoms with van der Waals surface area (Å²) in [5, 5.41) is 0.782. The van der Waals surface area contributed by atoms with Gasteiger partial charge < -0.3 is 14.2 Å². The molecule has 0 fully saturated rings. The number of rotatable bonds is 6. The number of ether oxygens (including phenoxy) is 3. The van der Waals surface area contributed by atoms with Gasteiger partial charge in [0.15, 0.2) is 17.3 Å². The molecule has 3 aromatic carbocycles. The molecular weight excluding hydrogens is 366 g/mol. The van der Waals surface area contributed by atoms with Crippen molar-refractivity contribution in [2.24, 2.45) is 0 Å². The van der Waals surface area contributed by atoms with Crippen molar-refractivity contribution in [2.45, 2.75) is 0 Å². The van der Waals surface area contributed by atoms with E-state index in [9.17, 15) is 4.79 Å². The third kappa shape index (κ3) is 3.75. The van der Waals surface area contributed by atoms with Crippen LogP contribution in [0.25, 0.3) is 10.9 Å². The van der Waals surface area contributed by atoms with Crippen molar-refractivity contribution >= 4 is 16.7 Å². The molecule has 1 aromatic heterocycles. The Morgan fingerprint density at radius 2 is 1.48 bits per heavy atom. The van der Waals surface area contributed by atoms with E-state index in [-0.39, 0.29) is 5.78 Å². The molecule has 0 atom stereocenters. The quantitative estimate of drug-likeness (QED) is 0.423. The van der Waals surface area contributed by atoms with Crippen molar-refractivity contribution in [2.75, 3.05) is 14.2 Å². The largest absolute Gasteiger partial charge is 0.493 e. The third-order valence-corrected chi connectivity index (χ3v) is 4.57. The summed E-state index contributed by atoms with van der Waals surface area (Å²) >= 11 is 0. The summed E-state index contributed by atoms with van der Waals surface area (Å²) in [7, 11) is 3.17. The monoisotopic (exact) mass is 385 g/mol. The van der Waals surface area contributed by atoms with E-state index < -0.39 is 0 Å². The first-order chi connectivity index (χ1) is 14.2. The summed E-state index contributed by atoms with van der Waals surface area (Å²) in [5.41, 5.74) is 1.92. The fourth-order valence-electron chi connectivity index (χ4n) is 3.12. The maximum absolute atomic E-state index is 12.7. The highest BCUT2D eigenvalue weighted by Gasteiger charge is 2.13. The topological polar surface area (TPSA) is 57.7 Å². The van der Waals surface area contributed by atoms with Gasteiger partial charge in [-0.15, -0.1) is 0 Å². The molecule has 0 aliphatic rings. The minimum Gasteiger partial charge on any atom is -0.493 e. The van der Waals surface area contributed by atoms with Crippen molar-refractivity contribution in [3.05, 3.63) is 90.1 Å². The van der Waals surface area contributed by atoms with Gasteiger partial charge in [-0.05, 0) is 24.3 Å². The average molecular weight is 385 g/mol. The number of hydrogen-bond donors (Lipinski definition) is 0. The summed E-state index contributed by atoms with van der Waals surface area (Å²) in [6.07, 6.45) is 1.67. The predicted molar refractivity (Wildman–Crippen MR) is 111 cm³/mol. The molecule has 0 aliphatic heterocycles. The number of nitrogens with zero attached hydrogens (tertiary/aromatic N) is 1. The number of hydrogen-bond acceptors (Lipinski definition) is 5. The van der Waals surface area contributed by atoms with Crippen LogP contribution in [0.5, 0.6) is 23.0 Å². The molecule has 29 heavy (non-hydrogen) atoms. The second-order valence-electron chi connectivity index (χ2n) is 6.36. The van der Waals surface area contributed by atoms with E-state index in [1.54, 1.807) is 62.9 Å². The molecule has 0 spiro atoms. The Morgan fingerprint density at radius 1 is 0.759 bits per heavy atom. The molecule has 0 amide bonds. The van der Waals surface area contributed by atoms with Gasteiger partial charge in [0.05, 0.1) is 19.7 Å². The van der Waals surface area contributed by atoms with Gasteiger partial charge in [0, 0.05) is 28.8 Å². The van der Waals surface area contributed by atoms with E-state index in [1.165, 1.54) is 0 Å². The molecule has 0 saturated heterocycles. The van der Waals surface area contributed by atoms with Crippen LogP contribution in [-0.4, -0.2) is 25.0 Å². The molecule has 0 bridgehead atoms. The highest BCUT2D eigenvalue weighted by atomic mass is 16.5. The van der Waals surface area contributed by atoms with Gasteiger partial charge in [0.2, 0.25) is 0 Å². The zero-order valence-electron chi connectivity index (χ0n) is 16.1. The summed E-state index contributed by atoms with van der Waals surface area (Å²) < 4.78 is 16.8. The molecule has 5 nitrogen and oxygen atoms in total. The van der Waals surface area contributed by atoms with Crippen molar-refractivity contribution in [3.63, 3.8) is 0 Å². The number of fused-ring (bicyclic) bond motifs is 1. The standard InChI is InChI=1S/C24H19NO4/c1-27-22-14-19-20(15-23(22)28-2)25-12-11-21(19)29-18-10-6-9-17(13-18)24(26)16-7-4-3-5-8-16/h3-15H,1-2H3. The molecular formula is C24H19NO4. The van der Waals surface area contributed by atoms with Crippen LogP contribution < -0.4 is 14.2 Å². The van der Waals surface area contributed by atoms with Gasteiger partial charge in [-0.2, -0.15) is 0 Å². The average Bonchev–Trinajstić information content (AvgIpc) is 2.78. The lowest BCUT2D eigenvalue weighted by atomic mass is 10.0. The highest BCUT2D eigenvalue weighted by molar-refractivity contribution is 6.09. The summed E-state index contributed by atoms with van der Waals surface area (Å²) in [5.74, 6) is 2.31. The summed E-state index contributed by atoms with van der Waals surface area (Å²) in [4.78, 5) is 17.1. The van der Waals surface area contributed by atoms with Gasteiger partial charge >= 0.3 is 0 Å². The molecule has 0 N–H and O–H groups in total. The number of carbonyl (C=O) groups is 1. The Bertz CT molecular complexity index is 1170. The molecule has 0 radical (unpaired) electrons. The van der Waals surface area contributed by atoms with Crippen molar-refractivity contribution in [3.8, 4) is 23.0 Å². The Labute approximate surface area is 168 Å². The number of aromatic nitrogens is 1. The second-order valence-corrected chi connectivity index (χ2v) is 6.36. The molecule has 5 heteroatoms. The first kappa shape index (κ1) is 18.5. The first-order valence-electron chi connectivity index (χ1n) is 9.08. The molecule has 0 aliphatic carbocycles. The normalized spacial score (nSPS) is 10.6. The number of benzene rings is 3. The Balaban J connectivity index is 1.69. The maximum Gasteiger partial charge on any atom is 0.193 e. The zero-order chi connectivity index (χ0) is 20.2. The van der Waals surface area contributed by atoms with Gasteiger partial charge in [-0.3, -0.25) is 9.78 Å². The first-order valence-corrected chi connectivity index (χ1v) is 9.08. The number of pyridine rings is 1. The van der Waals surface area contributed by atoms with Gasteiger partial charge in [0.1, 0.15) is 11.5 Å². The smallest absolute Gasteiger partial charge is 0.193 e. The fraction of sp³-hybridized carbons (Fsp3) is 0.0833. The van der Waals surface area contributed by atoms with Crippen LogP contribution in [0.2, 0.25) is 0 Å². The van der Waals surface area contributed by atoms with Crippen molar-refractivity contribution < 1.29 is 19.0 Å². The lowest BCUT2D eigenvalue weighted by molar-refractivity contribution is 0.103. The second kappa shape index (κ2) is 8.02. The van der Waals surface area contributed by atoms with E-state index in [0.29, 0.717) is 34.1 Å². The van der Waals surface area contributed by atoms with E-state index in [1.807, 2.05) is 30.3 Å². The van der Waals surface area contributed by atoms with Crippen LogP contribution >= 0.6 is 0 Å². The van der Waals surface area contributed by atoms with Crippen LogP contribution in [0, 0.1) is 0 Å². The molecule has 1 heterocycles. The molecule has 144 valence electrons. The Morgan fingerprint density at radius 3 is 2.24 bits per heavy atom. The highest BCUT2D eigenvalue weighted by Crippen LogP contribution is 2.37. The van der Waals surface area contributed by atoms with Gasteiger partial charge in [0.25, 0.3) is 0 Å². The van der Waals surface area contributed by atoms with E-state index in [4.69, 9.17) is 14.2 Å². The lowest BCUT2D eigenvalue weighted by Gasteiger charge is -2.12. The van der Waals surface area contributed by atoms with Crippen molar-refractivity contribution in [1.82, 2.24) is 4.98 Å². The molecule has 4 aromatic rings. The minimum atomic E-state index is -0.0537. The molecule has 4 rings (SSSR count). The molecule has 0 saturated carbocycles. The zero-order valence-corrected chi connectivity index (χ0v) is 16.1. The summed E-state index contributed by atoms with van der Waals surface area (Å²) in [6, 6.07) is 21.7. The van der Waals surface area contributed by atoms with E-state index >= 15 is 0 Å². The number of carbonyl (C=O) groups excluding carboxylic acids is 1. The van der Waals surface area contributed by atoms with E-state index in [2.05, 4.69) is 4.98 Å². The van der Waals surface area contributed by atoms with Crippen LogP contribution in [0.1, 0.15) is 15.9 Å². The van der Waals surface area contributed by atoms with Crippen LogP contribution in [0.3, 0.4) is 0 Å². The van der Waals surface area contributed by atoms with Gasteiger partial charge in [-0.1, -0.05) is 42.5 Å². The van der Waals surface area contributed by atoms with E-state index in [0.717, 1.165) is 10.9 Å². The maximum atomic E-state index is 12.7. The van der Waals surface area contributed by atoms with Crippen LogP contribution in [0.4, 0.5) is 0 Å². The number of ketones is 1. The Hall–Kier alpha value is -3.86. The van der Waals surface area contributed by atoms with Crippen LogP contribution in [0.15, 0.2) is 79.0 Å². The summed E-state index contributed by atoms with van der Waals surface area (Å²) in [6.45, 7) is 0. The predicted octanol–water partition coefficient (Wildman–Crippen LogP) is 5.28. The minimum absolute atomic E-state index is 0.0537. The molecule has 0 unspecified atom stereocenters. The van der Waals surface area contributed by atoms with Gasteiger partial charge in [-0.25, -0.2) is 0 Å². The SMILES string of the molecule is COc1cc2nccc(Oc3cccc(C(=O)c4ccccc4)c3)c2cc1OC.